The van der Waals surface area contributed by atoms with Crippen molar-refractivity contribution < 1.29 is 5.11 Å². The van der Waals surface area contributed by atoms with Crippen molar-refractivity contribution in [2.45, 2.75) is 55.6 Å². The van der Waals surface area contributed by atoms with E-state index >= 15 is 0 Å². The minimum Gasteiger partial charge on any atom is -0.391 e. The largest absolute Gasteiger partial charge is 0.391 e. The summed E-state index contributed by atoms with van der Waals surface area (Å²) in [6.45, 7) is 10.5. The van der Waals surface area contributed by atoms with Crippen LogP contribution in [0.1, 0.15) is 34.6 Å². The number of aliphatic hydroxyl groups excluding tert-OH is 1. The zero-order chi connectivity index (χ0) is 13.8. The van der Waals surface area contributed by atoms with Gasteiger partial charge in [-0.15, -0.1) is 11.8 Å². The molecule has 1 N–H and O–H groups in total. The molecule has 0 amide bonds. The van der Waals surface area contributed by atoms with Crippen LogP contribution >= 0.6 is 23.5 Å². The van der Waals surface area contributed by atoms with Crippen LogP contribution in [0.2, 0.25) is 0 Å². The molecule has 0 aliphatic rings. The molecule has 0 bridgehead atoms. The average molecular weight is 285 g/mol. The molecule has 18 heavy (non-hydrogen) atoms. The maximum absolute atomic E-state index is 10.5. The molecule has 0 saturated heterocycles. The number of aliphatic hydroxyl groups is 1. The Morgan fingerprint density at radius 3 is 2.33 bits per heavy atom. The van der Waals surface area contributed by atoms with Crippen molar-refractivity contribution in [1.29, 1.82) is 0 Å². The lowest BCUT2D eigenvalue weighted by Gasteiger charge is -2.32. The first-order valence-electron chi connectivity index (χ1n) is 6.22. The molecular weight excluding hydrogens is 262 g/mol. The van der Waals surface area contributed by atoms with Gasteiger partial charge in [0.1, 0.15) is 0 Å². The minimum atomic E-state index is -0.364. The first-order valence-corrected chi connectivity index (χ1v) is 8.04. The summed E-state index contributed by atoms with van der Waals surface area (Å²) in [5, 5.41) is 11.9. The molecule has 0 aliphatic heterocycles. The summed E-state index contributed by atoms with van der Waals surface area (Å²) >= 11 is 3.46. The number of thioether (sulfide) groups is 2. The molecule has 0 spiro atoms. The average Bonchev–Trinajstić information content (AvgIpc) is 2.26. The van der Waals surface area contributed by atoms with E-state index < -0.39 is 0 Å². The van der Waals surface area contributed by atoms with E-state index in [9.17, 15) is 5.11 Å². The Morgan fingerprint density at radius 2 is 1.89 bits per heavy atom. The van der Waals surface area contributed by atoms with Crippen LogP contribution in [0, 0.1) is 5.41 Å². The van der Waals surface area contributed by atoms with Gasteiger partial charge in [-0.25, -0.2) is 4.98 Å². The molecule has 1 heterocycles. The molecule has 1 aromatic rings. The zero-order valence-electron chi connectivity index (χ0n) is 11.8. The number of aromatic nitrogens is 1. The van der Waals surface area contributed by atoms with Gasteiger partial charge < -0.3 is 5.11 Å². The van der Waals surface area contributed by atoms with E-state index in [-0.39, 0.29) is 16.1 Å². The highest BCUT2D eigenvalue weighted by Crippen LogP contribution is 2.39. The fraction of sp³-hybridized carbons (Fsp3) is 0.643. The number of pyridine rings is 1. The third-order valence-corrected chi connectivity index (χ3v) is 5.09. The zero-order valence-corrected chi connectivity index (χ0v) is 13.4. The number of hydrogen-bond acceptors (Lipinski definition) is 4. The maximum atomic E-state index is 10.5. The van der Waals surface area contributed by atoms with E-state index in [0.717, 1.165) is 5.03 Å². The Labute approximate surface area is 119 Å². The monoisotopic (exact) mass is 285 g/mol. The highest BCUT2D eigenvalue weighted by Gasteiger charge is 2.32. The third-order valence-electron chi connectivity index (χ3n) is 2.43. The third kappa shape index (κ3) is 5.21. The van der Waals surface area contributed by atoms with Gasteiger partial charge in [0.15, 0.2) is 0 Å². The molecule has 4 heteroatoms. The van der Waals surface area contributed by atoms with Gasteiger partial charge >= 0.3 is 0 Å². The lowest BCUT2D eigenvalue weighted by Crippen LogP contribution is -2.34. The van der Waals surface area contributed by atoms with E-state index in [2.05, 4.69) is 39.6 Å². The van der Waals surface area contributed by atoms with Crippen LogP contribution in [0.4, 0.5) is 0 Å². The summed E-state index contributed by atoms with van der Waals surface area (Å²) in [5.41, 5.74) is -0.117. The van der Waals surface area contributed by atoms with Crippen LogP contribution in [0.15, 0.2) is 29.4 Å². The predicted octanol–water partition coefficient (Wildman–Crippen LogP) is 4.05. The van der Waals surface area contributed by atoms with Crippen molar-refractivity contribution in [2.75, 3.05) is 0 Å². The van der Waals surface area contributed by atoms with Gasteiger partial charge in [-0.05, 0) is 17.5 Å². The van der Waals surface area contributed by atoms with Crippen molar-refractivity contribution in [1.82, 2.24) is 4.98 Å². The maximum Gasteiger partial charge on any atom is 0.0971 e. The standard InChI is InChI=1S/C14H23NOS2/c1-10(2)17-13(12(16)14(3,4)5)18-11-8-6-7-9-15-11/h6-10,12-13,16H,1-5H3/t12-,13+/m1/s1. The lowest BCUT2D eigenvalue weighted by molar-refractivity contribution is 0.0777. The van der Waals surface area contributed by atoms with Gasteiger partial charge in [-0.1, -0.05) is 52.4 Å². The van der Waals surface area contributed by atoms with Gasteiger partial charge in [0.05, 0.1) is 15.7 Å². The molecule has 0 radical (unpaired) electrons. The van der Waals surface area contributed by atoms with Crippen LogP contribution in [-0.4, -0.2) is 26.0 Å². The van der Waals surface area contributed by atoms with E-state index in [0.29, 0.717) is 5.25 Å². The van der Waals surface area contributed by atoms with E-state index in [1.54, 1.807) is 29.7 Å². The molecule has 0 unspecified atom stereocenters. The van der Waals surface area contributed by atoms with Crippen LogP contribution in [0.3, 0.4) is 0 Å². The topological polar surface area (TPSA) is 33.1 Å². The van der Waals surface area contributed by atoms with Crippen molar-refractivity contribution in [3.63, 3.8) is 0 Å². The molecule has 1 rings (SSSR count). The fourth-order valence-electron chi connectivity index (χ4n) is 1.38. The van der Waals surface area contributed by atoms with Crippen molar-refractivity contribution in [2.24, 2.45) is 5.41 Å². The number of rotatable bonds is 5. The van der Waals surface area contributed by atoms with Crippen LogP contribution in [0.5, 0.6) is 0 Å². The summed E-state index contributed by atoms with van der Waals surface area (Å²) in [7, 11) is 0. The highest BCUT2D eigenvalue weighted by molar-refractivity contribution is 8.17. The quantitative estimate of drug-likeness (QED) is 0.653. The first-order chi connectivity index (χ1) is 8.30. The number of nitrogens with zero attached hydrogens (tertiary/aromatic N) is 1. The molecule has 102 valence electrons. The molecule has 0 aromatic carbocycles. The Bertz CT molecular complexity index is 349. The summed E-state index contributed by atoms with van der Waals surface area (Å²) in [4.78, 5) is 4.33. The molecular formula is C14H23NOS2. The summed E-state index contributed by atoms with van der Waals surface area (Å²) in [6, 6.07) is 5.89. The molecule has 0 aliphatic carbocycles. The highest BCUT2D eigenvalue weighted by atomic mass is 32.2. The lowest BCUT2D eigenvalue weighted by atomic mass is 9.90. The molecule has 2 atom stereocenters. The van der Waals surface area contributed by atoms with E-state index in [1.165, 1.54) is 0 Å². The van der Waals surface area contributed by atoms with E-state index in [1.807, 2.05) is 18.2 Å². The normalized spacial score (nSPS) is 15.7. The minimum absolute atomic E-state index is 0.111. The van der Waals surface area contributed by atoms with Crippen molar-refractivity contribution >= 4 is 23.5 Å². The van der Waals surface area contributed by atoms with Gasteiger partial charge in [0.25, 0.3) is 0 Å². The Balaban J connectivity index is 2.79. The molecule has 0 fully saturated rings. The Morgan fingerprint density at radius 1 is 1.22 bits per heavy atom. The molecule has 1 aromatic heterocycles. The van der Waals surface area contributed by atoms with Gasteiger partial charge in [-0.3, -0.25) is 0 Å². The van der Waals surface area contributed by atoms with Crippen LogP contribution < -0.4 is 0 Å². The van der Waals surface area contributed by atoms with Crippen molar-refractivity contribution in [3.05, 3.63) is 24.4 Å². The molecule has 0 saturated carbocycles. The van der Waals surface area contributed by atoms with Crippen LogP contribution in [0.25, 0.3) is 0 Å². The van der Waals surface area contributed by atoms with Crippen molar-refractivity contribution in [3.8, 4) is 0 Å². The first kappa shape index (κ1) is 15.9. The van der Waals surface area contributed by atoms with E-state index in [4.69, 9.17) is 0 Å². The second kappa shape index (κ2) is 6.83. The SMILES string of the molecule is CC(C)S[C@@H](Sc1ccccn1)[C@@H](O)C(C)(C)C. The second-order valence-electron chi connectivity index (χ2n) is 5.65. The summed E-state index contributed by atoms with van der Waals surface area (Å²) in [5.74, 6) is 0. The fourth-order valence-corrected chi connectivity index (χ4v) is 4.71. The van der Waals surface area contributed by atoms with Gasteiger partial charge in [0.2, 0.25) is 0 Å². The number of hydrogen-bond donors (Lipinski definition) is 1. The van der Waals surface area contributed by atoms with Gasteiger partial charge in [-0.2, -0.15) is 0 Å². The Hall–Kier alpha value is -0.190. The van der Waals surface area contributed by atoms with Gasteiger partial charge in [0, 0.05) is 11.4 Å². The predicted molar refractivity (Wildman–Crippen MR) is 82.1 cm³/mol. The molecule has 2 nitrogen and oxygen atoms in total. The van der Waals surface area contributed by atoms with Crippen LogP contribution in [-0.2, 0) is 0 Å². The Kier molecular flexibility index (Phi) is 6.02. The second-order valence-corrected chi connectivity index (χ2v) is 8.83. The summed E-state index contributed by atoms with van der Waals surface area (Å²) in [6.07, 6.45) is 1.43. The smallest absolute Gasteiger partial charge is 0.0971 e. The summed E-state index contributed by atoms with van der Waals surface area (Å²) < 4.78 is 0.111.